The summed E-state index contributed by atoms with van der Waals surface area (Å²) in [5.41, 5.74) is 1.47. The standard InChI is InChI=1S/C12H9Cl2NOS/c1-7-4-5-17-11(7)12(16)15-10-6-8(13)2-3-9(10)14/h2-6H,1H3,(H,15,16). The molecule has 0 atom stereocenters. The van der Waals surface area contributed by atoms with Crippen molar-refractivity contribution < 1.29 is 4.79 Å². The summed E-state index contributed by atoms with van der Waals surface area (Å²) in [7, 11) is 0. The molecular formula is C12H9Cl2NOS. The monoisotopic (exact) mass is 285 g/mol. The zero-order valence-electron chi connectivity index (χ0n) is 8.96. The number of nitrogens with one attached hydrogen (secondary N) is 1. The lowest BCUT2D eigenvalue weighted by Crippen LogP contribution is -2.11. The van der Waals surface area contributed by atoms with Gasteiger partial charge in [-0.25, -0.2) is 0 Å². The third-order valence-electron chi connectivity index (χ3n) is 2.24. The second kappa shape index (κ2) is 5.08. The highest BCUT2D eigenvalue weighted by Crippen LogP contribution is 2.26. The van der Waals surface area contributed by atoms with E-state index in [1.165, 1.54) is 11.3 Å². The minimum atomic E-state index is -0.165. The summed E-state index contributed by atoms with van der Waals surface area (Å²) in [5, 5.41) is 5.63. The van der Waals surface area contributed by atoms with Crippen molar-refractivity contribution in [3.8, 4) is 0 Å². The van der Waals surface area contributed by atoms with E-state index in [4.69, 9.17) is 23.2 Å². The summed E-state index contributed by atoms with van der Waals surface area (Å²) in [6.45, 7) is 1.89. The van der Waals surface area contributed by atoms with Crippen LogP contribution in [0, 0.1) is 6.92 Å². The Morgan fingerprint density at radius 3 is 2.71 bits per heavy atom. The van der Waals surface area contributed by atoms with Crippen LogP contribution in [0.4, 0.5) is 5.69 Å². The van der Waals surface area contributed by atoms with Gasteiger partial charge < -0.3 is 5.32 Å². The Balaban J connectivity index is 2.24. The molecule has 0 saturated carbocycles. The first-order valence-corrected chi connectivity index (χ1v) is 6.52. The molecular weight excluding hydrogens is 277 g/mol. The molecule has 1 aromatic carbocycles. The molecule has 0 aliphatic heterocycles. The molecule has 5 heteroatoms. The highest BCUT2D eigenvalue weighted by Gasteiger charge is 2.12. The van der Waals surface area contributed by atoms with Gasteiger partial charge in [0.2, 0.25) is 0 Å². The van der Waals surface area contributed by atoms with Crippen molar-refractivity contribution in [1.29, 1.82) is 0 Å². The van der Waals surface area contributed by atoms with Crippen molar-refractivity contribution in [2.24, 2.45) is 0 Å². The van der Waals surface area contributed by atoms with Crippen molar-refractivity contribution in [3.05, 3.63) is 50.1 Å². The van der Waals surface area contributed by atoms with Crippen molar-refractivity contribution >= 4 is 46.1 Å². The highest BCUT2D eigenvalue weighted by molar-refractivity contribution is 7.12. The number of hydrogen-bond acceptors (Lipinski definition) is 2. The van der Waals surface area contributed by atoms with E-state index in [0.29, 0.717) is 20.6 Å². The number of thiophene rings is 1. The zero-order chi connectivity index (χ0) is 12.4. The quantitative estimate of drug-likeness (QED) is 0.857. The lowest BCUT2D eigenvalue weighted by molar-refractivity contribution is 0.103. The van der Waals surface area contributed by atoms with Gasteiger partial charge >= 0.3 is 0 Å². The molecule has 88 valence electrons. The number of rotatable bonds is 2. The summed E-state index contributed by atoms with van der Waals surface area (Å²) >= 11 is 13.2. The van der Waals surface area contributed by atoms with Gasteiger partial charge in [-0.15, -0.1) is 11.3 Å². The third kappa shape index (κ3) is 2.80. The lowest BCUT2D eigenvalue weighted by atomic mass is 10.2. The van der Waals surface area contributed by atoms with Crippen LogP contribution >= 0.6 is 34.5 Å². The molecule has 0 saturated heterocycles. The van der Waals surface area contributed by atoms with Gasteiger partial charge in [-0.05, 0) is 42.1 Å². The van der Waals surface area contributed by atoms with E-state index < -0.39 is 0 Å². The third-order valence-corrected chi connectivity index (χ3v) is 3.82. The van der Waals surface area contributed by atoms with Crippen LogP contribution < -0.4 is 5.32 Å². The van der Waals surface area contributed by atoms with Gasteiger partial charge in [-0.3, -0.25) is 4.79 Å². The lowest BCUT2D eigenvalue weighted by Gasteiger charge is -2.07. The number of benzene rings is 1. The Morgan fingerprint density at radius 2 is 2.06 bits per heavy atom. The average molecular weight is 286 g/mol. The van der Waals surface area contributed by atoms with Gasteiger partial charge in [-0.1, -0.05) is 23.2 Å². The molecule has 0 radical (unpaired) electrons. The largest absolute Gasteiger partial charge is 0.320 e. The number of hydrogen-bond donors (Lipinski definition) is 1. The summed E-state index contributed by atoms with van der Waals surface area (Å²) in [6.07, 6.45) is 0. The molecule has 1 heterocycles. The first kappa shape index (κ1) is 12.4. The number of amides is 1. The van der Waals surface area contributed by atoms with E-state index in [1.807, 2.05) is 18.4 Å². The van der Waals surface area contributed by atoms with Crippen molar-refractivity contribution in [1.82, 2.24) is 0 Å². The summed E-state index contributed by atoms with van der Waals surface area (Å²) in [4.78, 5) is 12.6. The maximum absolute atomic E-state index is 12.0. The number of halogens is 2. The molecule has 0 aliphatic carbocycles. The topological polar surface area (TPSA) is 29.1 Å². The minimum Gasteiger partial charge on any atom is -0.320 e. The van der Waals surface area contributed by atoms with Gasteiger partial charge in [0.05, 0.1) is 15.6 Å². The molecule has 2 nitrogen and oxygen atoms in total. The molecule has 0 fully saturated rings. The molecule has 1 aromatic heterocycles. The van der Waals surface area contributed by atoms with Crippen molar-refractivity contribution in [3.63, 3.8) is 0 Å². The van der Waals surface area contributed by atoms with Crippen LogP contribution in [0.3, 0.4) is 0 Å². The van der Waals surface area contributed by atoms with E-state index in [1.54, 1.807) is 18.2 Å². The zero-order valence-corrected chi connectivity index (χ0v) is 11.3. The Hall–Kier alpha value is -1.03. The van der Waals surface area contributed by atoms with E-state index in [-0.39, 0.29) is 5.91 Å². The van der Waals surface area contributed by atoms with Crippen LogP contribution in [0.15, 0.2) is 29.6 Å². The molecule has 2 aromatic rings. The highest BCUT2D eigenvalue weighted by atomic mass is 35.5. The number of carbonyl (C=O) groups is 1. The fourth-order valence-corrected chi connectivity index (χ4v) is 2.53. The van der Waals surface area contributed by atoms with E-state index >= 15 is 0 Å². The van der Waals surface area contributed by atoms with E-state index in [2.05, 4.69) is 5.32 Å². The van der Waals surface area contributed by atoms with Crippen LogP contribution in [0.25, 0.3) is 0 Å². The smallest absolute Gasteiger partial charge is 0.266 e. The molecule has 1 N–H and O–H groups in total. The van der Waals surface area contributed by atoms with Gasteiger partial charge in [0, 0.05) is 5.02 Å². The number of anilines is 1. The van der Waals surface area contributed by atoms with Gasteiger partial charge in [0.15, 0.2) is 0 Å². The maximum Gasteiger partial charge on any atom is 0.266 e. The average Bonchev–Trinajstić information content (AvgIpc) is 2.70. The molecule has 0 spiro atoms. The Morgan fingerprint density at radius 1 is 1.29 bits per heavy atom. The molecule has 2 rings (SSSR count). The number of carbonyl (C=O) groups excluding carboxylic acids is 1. The number of aryl methyl sites for hydroxylation is 1. The molecule has 17 heavy (non-hydrogen) atoms. The van der Waals surface area contributed by atoms with Gasteiger partial charge in [0.25, 0.3) is 5.91 Å². The maximum atomic E-state index is 12.0. The Labute approximate surface area is 113 Å². The van der Waals surface area contributed by atoms with Crippen LogP contribution in [-0.4, -0.2) is 5.91 Å². The summed E-state index contributed by atoms with van der Waals surface area (Å²) < 4.78 is 0. The predicted octanol–water partition coefficient (Wildman–Crippen LogP) is 4.62. The Kier molecular flexibility index (Phi) is 3.72. The van der Waals surface area contributed by atoms with Crippen LogP contribution in [0.2, 0.25) is 10.0 Å². The normalized spacial score (nSPS) is 10.3. The molecule has 0 aliphatic rings. The van der Waals surface area contributed by atoms with Crippen LogP contribution in [0.1, 0.15) is 15.2 Å². The molecule has 0 unspecified atom stereocenters. The van der Waals surface area contributed by atoms with Gasteiger partial charge in [-0.2, -0.15) is 0 Å². The van der Waals surface area contributed by atoms with E-state index in [0.717, 1.165) is 5.56 Å². The first-order chi connectivity index (χ1) is 8.08. The second-order valence-electron chi connectivity index (χ2n) is 3.51. The Bertz CT molecular complexity index is 565. The van der Waals surface area contributed by atoms with Crippen LogP contribution in [-0.2, 0) is 0 Å². The molecule has 0 bridgehead atoms. The predicted molar refractivity (Wildman–Crippen MR) is 73.5 cm³/mol. The fourth-order valence-electron chi connectivity index (χ4n) is 1.38. The van der Waals surface area contributed by atoms with Crippen molar-refractivity contribution in [2.75, 3.05) is 5.32 Å². The summed E-state index contributed by atoms with van der Waals surface area (Å²) in [6, 6.07) is 6.86. The van der Waals surface area contributed by atoms with Crippen molar-refractivity contribution in [2.45, 2.75) is 6.92 Å². The molecule has 1 amide bonds. The van der Waals surface area contributed by atoms with E-state index in [9.17, 15) is 4.79 Å². The van der Waals surface area contributed by atoms with Crippen LogP contribution in [0.5, 0.6) is 0 Å². The van der Waals surface area contributed by atoms with Gasteiger partial charge in [0.1, 0.15) is 0 Å². The fraction of sp³-hybridized carbons (Fsp3) is 0.0833. The SMILES string of the molecule is Cc1ccsc1C(=O)Nc1cc(Cl)ccc1Cl. The second-order valence-corrected chi connectivity index (χ2v) is 5.27. The summed E-state index contributed by atoms with van der Waals surface area (Å²) in [5.74, 6) is -0.165. The minimum absolute atomic E-state index is 0.165. The first-order valence-electron chi connectivity index (χ1n) is 4.88.